The van der Waals surface area contributed by atoms with Crippen molar-refractivity contribution in [1.29, 1.82) is 0 Å². The van der Waals surface area contributed by atoms with Crippen molar-refractivity contribution in [2.75, 3.05) is 6.54 Å². The maximum absolute atomic E-state index is 13.3. The van der Waals surface area contributed by atoms with E-state index >= 15 is 0 Å². The second-order valence-electron chi connectivity index (χ2n) is 6.83. The first-order chi connectivity index (χ1) is 10.3. The third-order valence-corrected chi connectivity index (χ3v) is 4.44. The summed E-state index contributed by atoms with van der Waals surface area (Å²) in [5.74, 6) is -2.79. The Kier molecular flexibility index (Phi) is 3.56. The van der Waals surface area contributed by atoms with Crippen LogP contribution in [0.15, 0.2) is 42.5 Å². The molecule has 0 radical (unpaired) electrons. The summed E-state index contributed by atoms with van der Waals surface area (Å²) in [6.45, 7) is 7.22. The number of hydrogen-bond donors (Lipinski definition) is 1. The van der Waals surface area contributed by atoms with E-state index in [0.717, 1.165) is 31.1 Å². The van der Waals surface area contributed by atoms with Crippen molar-refractivity contribution < 1.29 is 8.78 Å². The van der Waals surface area contributed by atoms with Gasteiger partial charge in [0.05, 0.1) is 0 Å². The number of nitrogens with one attached hydrogen (secondary N) is 1. The molecule has 1 aliphatic rings. The average Bonchev–Trinajstić information content (AvgIpc) is 2.46. The molecule has 1 heterocycles. The summed E-state index contributed by atoms with van der Waals surface area (Å²) >= 11 is 0. The van der Waals surface area contributed by atoms with Gasteiger partial charge in [-0.1, -0.05) is 50.2 Å². The lowest BCUT2D eigenvalue weighted by atomic mass is 9.78. The number of benzene rings is 2. The third-order valence-electron chi connectivity index (χ3n) is 4.44. The Morgan fingerprint density at radius 1 is 1.00 bits per heavy atom. The fourth-order valence-electron chi connectivity index (χ4n) is 3.14. The monoisotopic (exact) mass is 301 g/mol. The second kappa shape index (κ2) is 5.17. The topological polar surface area (TPSA) is 12.0 Å². The molecule has 2 aromatic carbocycles. The molecule has 0 spiro atoms. The molecule has 0 saturated heterocycles. The zero-order valence-electron chi connectivity index (χ0n) is 13.2. The first kappa shape index (κ1) is 15.2. The van der Waals surface area contributed by atoms with Crippen molar-refractivity contribution in [1.82, 2.24) is 5.32 Å². The van der Waals surface area contributed by atoms with Crippen LogP contribution in [0.25, 0.3) is 11.1 Å². The molecule has 0 bridgehead atoms. The van der Waals surface area contributed by atoms with Gasteiger partial charge in [0, 0.05) is 31.0 Å². The van der Waals surface area contributed by atoms with Gasteiger partial charge in [-0.25, -0.2) is 8.78 Å². The Labute approximate surface area is 130 Å². The minimum absolute atomic E-state index is 0.0528. The van der Waals surface area contributed by atoms with Gasteiger partial charge in [-0.05, 0) is 28.3 Å². The highest BCUT2D eigenvalue weighted by Gasteiger charge is 2.27. The van der Waals surface area contributed by atoms with Gasteiger partial charge in [0.2, 0.25) is 0 Å². The maximum Gasteiger partial charge on any atom is 0.270 e. The molecule has 3 rings (SSSR count). The molecule has 1 aliphatic heterocycles. The fourth-order valence-corrected chi connectivity index (χ4v) is 3.14. The summed E-state index contributed by atoms with van der Waals surface area (Å²) in [6.07, 6.45) is 0. The van der Waals surface area contributed by atoms with E-state index in [1.165, 1.54) is 23.3 Å². The van der Waals surface area contributed by atoms with Gasteiger partial charge in [-0.3, -0.25) is 0 Å². The van der Waals surface area contributed by atoms with Gasteiger partial charge >= 0.3 is 0 Å². The lowest BCUT2D eigenvalue weighted by Gasteiger charge is -2.33. The summed E-state index contributed by atoms with van der Waals surface area (Å²) in [7, 11) is 0. The predicted octanol–water partition coefficient (Wildman–Crippen LogP) is 4.85. The number of fused-ring (bicyclic) bond motifs is 1. The SMILES string of the molecule is CC(F)(F)c1ccc(-c2ccc3c(c2)CNCC3(C)C)cc1. The zero-order valence-corrected chi connectivity index (χ0v) is 13.2. The van der Waals surface area contributed by atoms with Crippen molar-refractivity contribution in [3.05, 3.63) is 59.2 Å². The van der Waals surface area contributed by atoms with E-state index in [9.17, 15) is 8.78 Å². The highest BCUT2D eigenvalue weighted by atomic mass is 19.3. The number of rotatable bonds is 2. The molecule has 3 heteroatoms. The van der Waals surface area contributed by atoms with Gasteiger partial charge in [-0.2, -0.15) is 0 Å². The molecule has 0 aliphatic carbocycles. The molecular weight excluding hydrogens is 280 g/mol. The minimum atomic E-state index is -2.79. The van der Waals surface area contributed by atoms with E-state index in [4.69, 9.17) is 0 Å². The fraction of sp³-hybridized carbons (Fsp3) is 0.368. The van der Waals surface area contributed by atoms with Crippen LogP contribution in [-0.2, 0) is 17.9 Å². The van der Waals surface area contributed by atoms with E-state index in [1.54, 1.807) is 12.1 Å². The van der Waals surface area contributed by atoms with Crippen molar-refractivity contribution in [2.45, 2.75) is 38.7 Å². The molecule has 0 atom stereocenters. The summed E-state index contributed by atoms with van der Waals surface area (Å²) in [6, 6.07) is 13.0. The van der Waals surface area contributed by atoms with E-state index in [0.29, 0.717) is 0 Å². The van der Waals surface area contributed by atoms with Crippen molar-refractivity contribution >= 4 is 0 Å². The Morgan fingerprint density at radius 3 is 2.27 bits per heavy atom. The van der Waals surface area contributed by atoms with Crippen LogP contribution in [-0.4, -0.2) is 6.54 Å². The molecule has 1 nitrogen and oxygen atoms in total. The normalized spacial score (nSPS) is 17.1. The first-order valence-electron chi connectivity index (χ1n) is 7.60. The maximum atomic E-state index is 13.3. The molecule has 0 saturated carbocycles. The van der Waals surface area contributed by atoms with Crippen LogP contribution in [0.3, 0.4) is 0 Å². The van der Waals surface area contributed by atoms with E-state index in [2.05, 4.69) is 37.4 Å². The third kappa shape index (κ3) is 2.78. The molecule has 0 fully saturated rings. The Bertz CT molecular complexity index is 682. The van der Waals surface area contributed by atoms with Gasteiger partial charge in [0.1, 0.15) is 0 Å². The highest BCUT2D eigenvalue weighted by molar-refractivity contribution is 5.66. The molecule has 0 amide bonds. The second-order valence-corrected chi connectivity index (χ2v) is 6.83. The minimum Gasteiger partial charge on any atom is -0.312 e. The number of hydrogen-bond acceptors (Lipinski definition) is 1. The first-order valence-corrected chi connectivity index (χ1v) is 7.60. The van der Waals surface area contributed by atoms with Gasteiger partial charge in [0.15, 0.2) is 0 Å². The van der Waals surface area contributed by atoms with Crippen LogP contribution in [0.4, 0.5) is 8.78 Å². The van der Waals surface area contributed by atoms with Crippen molar-refractivity contribution in [3.63, 3.8) is 0 Å². The molecule has 0 unspecified atom stereocenters. The Morgan fingerprint density at radius 2 is 1.64 bits per heavy atom. The van der Waals surface area contributed by atoms with Crippen molar-refractivity contribution in [2.24, 2.45) is 0 Å². The average molecular weight is 301 g/mol. The molecule has 1 N–H and O–H groups in total. The molecule has 22 heavy (non-hydrogen) atoms. The summed E-state index contributed by atoms with van der Waals surface area (Å²) in [4.78, 5) is 0. The van der Waals surface area contributed by atoms with E-state index in [-0.39, 0.29) is 11.0 Å². The van der Waals surface area contributed by atoms with Crippen LogP contribution >= 0.6 is 0 Å². The summed E-state index contributed by atoms with van der Waals surface area (Å²) < 4.78 is 26.6. The standard InChI is InChI=1S/C19H21F2N/c1-18(2)12-22-11-15-10-14(6-9-17(15)18)13-4-7-16(8-5-13)19(3,20)21/h4-10,22H,11-12H2,1-3H3. The molecule has 116 valence electrons. The summed E-state index contributed by atoms with van der Waals surface area (Å²) in [5.41, 5.74) is 4.88. The lowest BCUT2D eigenvalue weighted by molar-refractivity contribution is 0.0175. The van der Waals surface area contributed by atoms with Gasteiger partial charge in [0.25, 0.3) is 5.92 Å². The predicted molar refractivity (Wildman–Crippen MR) is 86.2 cm³/mol. The van der Waals surface area contributed by atoms with Crippen LogP contribution < -0.4 is 5.32 Å². The van der Waals surface area contributed by atoms with Crippen LogP contribution in [0, 0.1) is 0 Å². The Balaban J connectivity index is 1.96. The van der Waals surface area contributed by atoms with E-state index < -0.39 is 5.92 Å². The van der Waals surface area contributed by atoms with Crippen LogP contribution in [0.2, 0.25) is 0 Å². The number of alkyl halides is 2. The van der Waals surface area contributed by atoms with Crippen molar-refractivity contribution in [3.8, 4) is 11.1 Å². The zero-order chi connectivity index (χ0) is 16.0. The number of halogens is 2. The summed E-state index contributed by atoms with van der Waals surface area (Å²) in [5, 5.41) is 3.44. The smallest absolute Gasteiger partial charge is 0.270 e. The van der Waals surface area contributed by atoms with E-state index in [1.807, 2.05) is 0 Å². The Hall–Kier alpha value is -1.74. The highest BCUT2D eigenvalue weighted by Crippen LogP contribution is 2.34. The van der Waals surface area contributed by atoms with Gasteiger partial charge < -0.3 is 5.32 Å². The molecule has 0 aromatic heterocycles. The lowest BCUT2D eigenvalue weighted by Crippen LogP contribution is -2.38. The van der Waals surface area contributed by atoms with Gasteiger partial charge in [-0.15, -0.1) is 0 Å². The largest absolute Gasteiger partial charge is 0.312 e. The van der Waals surface area contributed by atoms with Crippen LogP contribution in [0.5, 0.6) is 0 Å². The molecular formula is C19H21F2N. The quantitative estimate of drug-likeness (QED) is 0.836. The molecule has 2 aromatic rings. The van der Waals surface area contributed by atoms with Crippen LogP contribution in [0.1, 0.15) is 37.5 Å².